The number of hydrogen-bond donors (Lipinski definition) is 1. The van der Waals surface area contributed by atoms with Crippen molar-refractivity contribution < 1.29 is 4.79 Å². The number of aryl methyl sites for hydroxylation is 1. The molecule has 0 bridgehead atoms. The zero-order valence-electron chi connectivity index (χ0n) is 20.1. The number of carbonyl (C=O) groups excluding carboxylic acids is 1. The Morgan fingerprint density at radius 2 is 1.94 bits per heavy atom. The van der Waals surface area contributed by atoms with Crippen LogP contribution in [0.5, 0.6) is 0 Å². The molecule has 3 aromatic rings. The van der Waals surface area contributed by atoms with Crippen LogP contribution < -0.4 is 15.1 Å². The summed E-state index contributed by atoms with van der Waals surface area (Å²) < 4.78 is 0. The van der Waals surface area contributed by atoms with Crippen LogP contribution in [0, 0.1) is 12.8 Å². The first-order chi connectivity index (χ1) is 16.6. The molecule has 1 N–H and O–H groups in total. The van der Waals surface area contributed by atoms with Crippen LogP contribution >= 0.6 is 0 Å². The molecule has 0 spiro atoms. The smallest absolute Gasteiger partial charge is 0.259 e. The zero-order chi connectivity index (χ0) is 23.5. The van der Waals surface area contributed by atoms with Gasteiger partial charge in [-0.15, -0.1) is 0 Å². The largest absolute Gasteiger partial charge is 0.371 e. The number of piperidine rings is 1. The van der Waals surface area contributed by atoms with Crippen molar-refractivity contribution in [2.24, 2.45) is 5.92 Å². The molecule has 0 radical (unpaired) electrons. The van der Waals surface area contributed by atoms with Crippen LogP contribution in [-0.2, 0) is 12.8 Å². The number of pyridine rings is 2. The summed E-state index contributed by atoms with van der Waals surface area (Å²) in [6.07, 6.45) is 6.04. The van der Waals surface area contributed by atoms with Crippen molar-refractivity contribution >= 4 is 23.1 Å². The highest BCUT2D eigenvalue weighted by atomic mass is 16.1. The van der Waals surface area contributed by atoms with E-state index in [0.29, 0.717) is 5.56 Å². The fourth-order valence-electron chi connectivity index (χ4n) is 4.96. The lowest BCUT2D eigenvalue weighted by Crippen LogP contribution is -2.35. The van der Waals surface area contributed by atoms with E-state index in [1.807, 2.05) is 43.5 Å². The topological polar surface area (TPSA) is 61.4 Å². The zero-order valence-corrected chi connectivity index (χ0v) is 20.1. The molecule has 176 valence electrons. The fourth-order valence-corrected chi connectivity index (χ4v) is 4.96. The quantitative estimate of drug-likeness (QED) is 0.574. The summed E-state index contributed by atoms with van der Waals surface area (Å²) in [5, 5.41) is 3.13. The average Bonchev–Trinajstić information content (AvgIpc) is 3.26. The van der Waals surface area contributed by atoms with Crippen molar-refractivity contribution in [1.29, 1.82) is 0 Å². The Bertz CT molecular complexity index is 1150. The molecule has 6 nitrogen and oxygen atoms in total. The summed E-state index contributed by atoms with van der Waals surface area (Å²) in [7, 11) is 0. The normalized spacial score (nSPS) is 15.9. The number of aromatic nitrogens is 2. The maximum Gasteiger partial charge on any atom is 0.259 e. The van der Waals surface area contributed by atoms with Gasteiger partial charge < -0.3 is 15.1 Å². The van der Waals surface area contributed by atoms with Crippen molar-refractivity contribution in [1.82, 2.24) is 9.97 Å². The van der Waals surface area contributed by atoms with Gasteiger partial charge in [0.15, 0.2) is 0 Å². The van der Waals surface area contributed by atoms with E-state index >= 15 is 0 Å². The Morgan fingerprint density at radius 3 is 2.74 bits per heavy atom. The van der Waals surface area contributed by atoms with Crippen LogP contribution in [0.4, 0.5) is 17.2 Å². The van der Waals surface area contributed by atoms with E-state index in [4.69, 9.17) is 4.98 Å². The number of amides is 1. The molecule has 0 aliphatic carbocycles. The van der Waals surface area contributed by atoms with Gasteiger partial charge in [-0.25, -0.2) is 4.98 Å². The summed E-state index contributed by atoms with van der Waals surface area (Å²) in [5.74, 6) is 1.45. The summed E-state index contributed by atoms with van der Waals surface area (Å²) in [6, 6.07) is 16.2. The first-order valence-corrected chi connectivity index (χ1v) is 12.4. The van der Waals surface area contributed by atoms with Crippen LogP contribution in [0.25, 0.3) is 0 Å². The molecule has 6 heteroatoms. The summed E-state index contributed by atoms with van der Waals surface area (Å²) in [6.45, 7) is 8.12. The Labute approximate surface area is 202 Å². The van der Waals surface area contributed by atoms with E-state index in [0.717, 1.165) is 80.7 Å². The van der Waals surface area contributed by atoms with E-state index < -0.39 is 0 Å². The predicted molar refractivity (Wildman–Crippen MR) is 138 cm³/mol. The average molecular weight is 456 g/mol. The summed E-state index contributed by atoms with van der Waals surface area (Å²) in [5.41, 5.74) is 6.09. The summed E-state index contributed by atoms with van der Waals surface area (Å²) in [4.78, 5) is 27.2. The SMILES string of the molecule is Cc1ccc(C(=O)Nc2ccc3c(c2)CCN3CCc2ccccn2)c(N2CCC(C)CC2)n1. The van der Waals surface area contributed by atoms with Crippen LogP contribution in [0.2, 0.25) is 0 Å². The standard InChI is InChI=1S/C28H33N5O/c1-20-10-15-33(16-11-20)27-25(8-6-21(2)30-27)28(34)31-24-7-9-26-22(19-24)12-17-32(26)18-13-23-5-3-4-14-29-23/h3-9,14,19-20H,10-13,15-18H2,1-2H3,(H,31,34). The van der Waals surface area contributed by atoms with Crippen LogP contribution in [-0.4, -0.2) is 42.1 Å². The molecule has 1 saturated heterocycles. The van der Waals surface area contributed by atoms with E-state index in [-0.39, 0.29) is 5.91 Å². The molecule has 4 heterocycles. The molecule has 0 atom stereocenters. The molecule has 0 saturated carbocycles. The minimum absolute atomic E-state index is 0.0916. The third-order valence-electron chi connectivity index (χ3n) is 7.04. The van der Waals surface area contributed by atoms with Crippen molar-refractivity contribution in [3.05, 3.63) is 77.2 Å². The first kappa shape index (κ1) is 22.4. The molecule has 1 aromatic carbocycles. The molecule has 34 heavy (non-hydrogen) atoms. The van der Waals surface area contributed by atoms with Gasteiger partial charge >= 0.3 is 0 Å². The van der Waals surface area contributed by atoms with E-state index in [1.54, 1.807) is 0 Å². The maximum absolute atomic E-state index is 13.3. The monoisotopic (exact) mass is 455 g/mol. The number of benzene rings is 1. The highest BCUT2D eigenvalue weighted by Gasteiger charge is 2.24. The number of carbonyl (C=O) groups is 1. The molecule has 1 amide bonds. The van der Waals surface area contributed by atoms with Crippen molar-refractivity contribution in [2.45, 2.75) is 39.5 Å². The lowest BCUT2D eigenvalue weighted by atomic mass is 9.99. The number of nitrogens with zero attached hydrogens (tertiary/aromatic N) is 4. The van der Waals surface area contributed by atoms with Crippen LogP contribution in [0.15, 0.2) is 54.7 Å². The minimum Gasteiger partial charge on any atom is -0.371 e. The minimum atomic E-state index is -0.0916. The molecule has 5 rings (SSSR count). The van der Waals surface area contributed by atoms with Crippen molar-refractivity contribution in [3.8, 4) is 0 Å². The van der Waals surface area contributed by atoms with E-state index in [1.165, 1.54) is 11.3 Å². The van der Waals surface area contributed by atoms with Gasteiger partial charge in [-0.3, -0.25) is 9.78 Å². The highest BCUT2D eigenvalue weighted by Crippen LogP contribution is 2.31. The molecule has 0 unspecified atom stereocenters. The molecule has 2 aliphatic heterocycles. The van der Waals surface area contributed by atoms with Gasteiger partial charge in [-0.2, -0.15) is 0 Å². The Kier molecular flexibility index (Phi) is 6.48. The number of hydrogen-bond acceptors (Lipinski definition) is 5. The van der Waals surface area contributed by atoms with Crippen molar-refractivity contribution in [2.75, 3.05) is 41.3 Å². The summed E-state index contributed by atoms with van der Waals surface area (Å²) >= 11 is 0. The van der Waals surface area contributed by atoms with Crippen LogP contribution in [0.3, 0.4) is 0 Å². The van der Waals surface area contributed by atoms with Gasteiger partial charge in [0.05, 0.1) is 5.56 Å². The molecular formula is C28H33N5O. The number of anilines is 3. The Hall–Kier alpha value is -3.41. The number of fused-ring (bicyclic) bond motifs is 1. The lowest BCUT2D eigenvalue weighted by molar-refractivity contribution is 0.102. The molecule has 1 fully saturated rings. The van der Waals surface area contributed by atoms with Gasteiger partial charge in [0, 0.05) is 61.6 Å². The fraction of sp³-hybridized carbons (Fsp3) is 0.393. The maximum atomic E-state index is 13.3. The van der Waals surface area contributed by atoms with Crippen LogP contribution in [0.1, 0.15) is 47.1 Å². The first-order valence-electron chi connectivity index (χ1n) is 12.4. The second-order valence-electron chi connectivity index (χ2n) is 9.60. The lowest BCUT2D eigenvalue weighted by Gasteiger charge is -2.32. The number of rotatable bonds is 6. The van der Waals surface area contributed by atoms with Gasteiger partial charge in [-0.05, 0) is 80.1 Å². The second kappa shape index (κ2) is 9.84. The molecule has 2 aromatic heterocycles. The van der Waals surface area contributed by atoms with E-state index in [9.17, 15) is 4.79 Å². The number of nitrogens with one attached hydrogen (secondary N) is 1. The predicted octanol–water partition coefficient (Wildman–Crippen LogP) is 4.88. The van der Waals surface area contributed by atoms with Gasteiger partial charge in [0.25, 0.3) is 5.91 Å². The van der Waals surface area contributed by atoms with Crippen molar-refractivity contribution in [3.63, 3.8) is 0 Å². The highest BCUT2D eigenvalue weighted by molar-refractivity contribution is 6.07. The van der Waals surface area contributed by atoms with Gasteiger partial charge in [0.2, 0.25) is 0 Å². The Morgan fingerprint density at radius 1 is 1.09 bits per heavy atom. The molecular weight excluding hydrogens is 422 g/mol. The Balaban J connectivity index is 1.28. The third-order valence-corrected chi connectivity index (χ3v) is 7.04. The van der Waals surface area contributed by atoms with Gasteiger partial charge in [0.1, 0.15) is 5.82 Å². The van der Waals surface area contributed by atoms with Gasteiger partial charge in [-0.1, -0.05) is 13.0 Å². The second-order valence-corrected chi connectivity index (χ2v) is 9.60. The molecule has 2 aliphatic rings. The van der Waals surface area contributed by atoms with E-state index in [2.05, 4.69) is 45.2 Å². The third kappa shape index (κ3) is 4.91.